The van der Waals surface area contributed by atoms with E-state index in [0.717, 1.165) is 43.7 Å². The van der Waals surface area contributed by atoms with Gasteiger partial charge in [-0.15, -0.1) is 24.0 Å². The third-order valence-corrected chi connectivity index (χ3v) is 9.46. The number of aliphatic hydroxyl groups is 1. The number of nitrogens with one attached hydrogen (secondary N) is 3. The van der Waals surface area contributed by atoms with Crippen LogP contribution in [0.5, 0.6) is 12.0 Å². The number of halogens is 1. The fourth-order valence-corrected chi connectivity index (χ4v) is 5.86. The Morgan fingerprint density at radius 1 is 0.697 bits per heavy atom. The number of anilines is 2. The molecule has 2 atom stereocenters. The Morgan fingerprint density at radius 2 is 1.18 bits per heavy atom. The van der Waals surface area contributed by atoms with E-state index in [9.17, 15) is 38.4 Å². The third kappa shape index (κ3) is 22.3. The van der Waals surface area contributed by atoms with Crippen LogP contribution < -0.4 is 31.9 Å². The number of amides is 1. The smallest absolute Gasteiger partial charge is 0.347 e. The molecule has 0 aliphatic rings. The zero-order valence-electron chi connectivity index (χ0n) is 42.5. The molecule has 4 aromatic heterocycles. The standard InChI is InChI=1S/C18H21N5O3.C16H19N5O2.C10H14O9.C4H8O2.CH4.HI/c1-3-4-10-26-17-21-15(19-12(2)24)14-16(22-17)23(18(25)20-14)11-13-8-6-5-7-9-13;1-2-3-9-23-15-19-13(17)12-14(20-15)21(16(22)18-12)10-11-7-5-4-6-8-11;1-5(9(14)15)19-10(16)6(2)18-8(13)4-17-7(12)3-11;1-3-6-4(2)5;;/h5-9H,3-4,10-11H2,1-2H3,(H,20,25)(H,19,21,22,24);4-8H,2-3,9-10H2,1H3,(H,18,22)(H2,17,19,20);5-6,11H,3-4H2,1-2H3,(H,14,15);3H2,1-2H3;1H4;1H. The molecule has 0 radical (unpaired) electrons. The van der Waals surface area contributed by atoms with Crippen LogP contribution in [0.25, 0.3) is 22.3 Å². The highest BCUT2D eigenvalue weighted by molar-refractivity contribution is 14.0. The molecule has 4 heterocycles. The molecule has 416 valence electrons. The molecule has 26 nitrogen and oxygen atoms in total. The van der Waals surface area contributed by atoms with Crippen molar-refractivity contribution in [3.05, 3.63) is 92.8 Å². The number of nitrogens with zero attached hydrogens (tertiary/aromatic N) is 6. The van der Waals surface area contributed by atoms with Crippen LogP contribution in [0.2, 0.25) is 0 Å². The number of benzene rings is 2. The maximum Gasteiger partial charge on any atom is 0.347 e. The lowest BCUT2D eigenvalue weighted by Gasteiger charge is -2.14. The van der Waals surface area contributed by atoms with Crippen LogP contribution in [0.3, 0.4) is 0 Å². The topological polar surface area (TPSA) is 363 Å². The maximum atomic E-state index is 12.4. The van der Waals surface area contributed by atoms with E-state index in [1.807, 2.05) is 60.7 Å². The molecular formula is C49H67IN10O16. The number of aliphatic hydroxyl groups excluding tert-OH is 1. The van der Waals surface area contributed by atoms with Gasteiger partial charge in [-0.1, -0.05) is 94.8 Å². The van der Waals surface area contributed by atoms with Crippen LogP contribution in [-0.4, -0.2) is 130 Å². The molecule has 27 heteroatoms. The van der Waals surface area contributed by atoms with E-state index in [2.05, 4.69) is 68.0 Å². The largest absolute Gasteiger partial charge is 0.479 e. The number of aromatic nitrogens is 8. The van der Waals surface area contributed by atoms with Crippen LogP contribution in [0.4, 0.5) is 11.6 Å². The van der Waals surface area contributed by atoms with Crippen molar-refractivity contribution in [2.24, 2.45) is 0 Å². The number of H-pyrrole nitrogens is 2. The number of carbonyl (C=O) groups excluding carboxylic acids is 5. The zero-order chi connectivity index (χ0) is 54.7. The van der Waals surface area contributed by atoms with Crippen LogP contribution in [0.15, 0.2) is 70.3 Å². The van der Waals surface area contributed by atoms with E-state index in [0.29, 0.717) is 55.2 Å². The van der Waals surface area contributed by atoms with Crippen molar-refractivity contribution in [3.63, 3.8) is 0 Å². The first-order chi connectivity index (χ1) is 35.3. The van der Waals surface area contributed by atoms with Crippen molar-refractivity contribution in [1.29, 1.82) is 0 Å². The molecule has 0 saturated carbocycles. The molecule has 0 saturated heterocycles. The van der Waals surface area contributed by atoms with Gasteiger partial charge in [-0.3, -0.25) is 18.7 Å². The normalized spacial score (nSPS) is 10.9. The highest BCUT2D eigenvalue weighted by atomic mass is 127. The van der Waals surface area contributed by atoms with Gasteiger partial charge in [-0.25, -0.2) is 28.8 Å². The number of hydrogen-bond acceptors (Lipinski definition) is 20. The zero-order valence-corrected chi connectivity index (χ0v) is 44.8. The highest BCUT2D eigenvalue weighted by Gasteiger charge is 2.25. The number of aromatic amines is 2. The highest BCUT2D eigenvalue weighted by Crippen LogP contribution is 2.22. The van der Waals surface area contributed by atoms with E-state index in [4.69, 9.17) is 25.4 Å². The maximum absolute atomic E-state index is 12.4. The lowest BCUT2D eigenvalue weighted by atomic mass is 10.2. The van der Waals surface area contributed by atoms with E-state index in [1.165, 1.54) is 29.9 Å². The molecule has 6 rings (SSSR count). The summed E-state index contributed by atoms with van der Waals surface area (Å²) in [6.07, 6.45) is 1.04. The summed E-state index contributed by atoms with van der Waals surface area (Å²) in [5.41, 5.74) is 8.96. The van der Waals surface area contributed by atoms with Gasteiger partial charge in [0.2, 0.25) is 5.91 Å². The number of hydrogen-bond donors (Lipinski definition) is 6. The summed E-state index contributed by atoms with van der Waals surface area (Å²) in [7, 11) is 0. The molecule has 76 heavy (non-hydrogen) atoms. The van der Waals surface area contributed by atoms with Gasteiger partial charge >= 0.3 is 53.2 Å². The monoisotopic (exact) mass is 1180 g/mol. The van der Waals surface area contributed by atoms with E-state index in [1.54, 1.807) is 6.92 Å². The quantitative estimate of drug-likeness (QED) is 0.0249. The summed E-state index contributed by atoms with van der Waals surface area (Å²) in [6, 6.07) is 19.6. The summed E-state index contributed by atoms with van der Waals surface area (Å²) < 4.78 is 31.8. The van der Waals surface area contributed by atoms with Crippen LogP contribution in [-0.2, 0) is 60.8 Å². The molecular weight excluding hydrogens is 1110 g/mol. The lowest BCUT2D eigenvalue weighted by Crippen LogP contribution is -2.33. The number of aliphatic carboxylic acids is 1. The SMILES string of the molecule is C.CC(OC(=O)C(C)OC(=O)COC(=O)CO)C(=O)O.CCCCOc1nc(N)c2[nH]c(=O)n(Cc3ccccc3)c2n1.CCCCOc1nc(NC(C)=O)c2[nH]c(=O)n(Cc3ccccc3)c2n1.CCOC(C)=O.I. The Balaban J connectivity index is 0.000000539. The van der Waals surface area contributed by atoms with Crippen molar-refractivity contribution in [1.82, 2.24) is 39.0 Å². The minimum Gasteiger partial charge on any atom is -0.479 e. The summed E-state index contributed by atoms with van der Waals surface area (Å²) in [6.45, 7) is 11.6. The number of fused-ring (bicyclic) bond motifs is 2. The fraction of sp³-hybridized carbons (Fsp3) is 0.429. The van der Waals surface area contributed by atoms with Crippen molar-refractivity contribution in [3.8, 4) is 12.0 Å². The molecule has 2 unspecified atom stereocenters. The molecule has 0 aliphatic carbocycles. The molecule has 7 N–H and O–H groups in total. The first-order valence-electron chi connectivity index (χ1n) is 23.2. The molecule has 0 fully saturated rings. The van der Waals surface area contributed by atoms with Gasteiger partial charge in [0.05, 0.1) is 32.9 Å². The molecule has 0 bridgehead atoms. The van der Waals surface area contributed by atoms with Crippen molar-refractivity contribution >= 4 is 93.7 Å². The second-order valence-electron chi connectivity index (χ2n) is 15.5. The lowest BCUT2D eigenvalue weighted by molar-refractivity contribution is -0.177. The van der Waals surface area contributed by atoms with Gasteiger partial charge in [-0.05, 0) is 44.7 Å². The average molecular weight is 1180 g/mol. The summed E-state index contributed by atoms with van der Waals surface area (Å²) in [4.78, 5) is 112. The number of imidazole rings is 2. The predicted octanol–water partition coefficient (Wildman–Crippen LogP) is 4.53. The second-order valence-corrected chi connectivity index (χ2v) is 15.5. The Morgan fingerprint density at radius 3 is 1.62 bits per heavy atom. The van der Waals surface area contributed by atoms with E-state index < -0.39 is 49.3 Å². The number of carbonyl (C=O) groups is 6. The van der Waals surface area contributed by atoms with Gasteiger partial charge in [0.15, 0.2) is 41.7 Å². The predicted molar refractivity (Wildman–Crippen MR) is 288 cm³/mol. The molecule has 2 aromatic carbocycles. The molecule has 6 aromatic rings. The number of nitrogen functional groups attached to an aromatic ring is 1. The van der Waals surface area contributed by atoms with Gasteiger partial charge in [0.25, 0.3) is 0 Å². The first kappa shape index (κ1) is 66.1. The average Bonchev–Trinajstić information content (AvgIpc) is 3.85. The van der Waals surface area contributed by atoms with Gasteiger partial charge in [0, 0.05) is 13.8 Å². The summed E-state index contributed by atoms with van der Waals surface area (Å²) >= 11 is 0. The molecule has 0 spiro atoms. The molecule has 1 amide bonds. The first-order valence-corrected chi connectivity index (χ1v) is 23.2. The van der Waals surface area contributed by atoms with E-state index in [-0.39, 0.29) is 78.3 Å². The van der Waals surface area contributed by atoms with E-state index >= 15 is 0 Å². The Hall–Kier alpha value is -7.95. The second kappa shape index (κ2) is 34.5. The van der Waals surface area contributed by atoms with Gasteiger partial charge < -0.3 is 59.7 Å². The third-order valence-electron chi connectivity index (χ3n) is 9.46. The minimum absolute atomic E-state index is 0. The summed E-state index contributed by atoms with van der Waals surface area (Å²) in [5, 5.41) is 19.4. The number of esters is 4. The number of rotatable bonds is 21. The van der Waals surface area contributed by atoms with Crippen LogP contribution in [0.1, 0.15) is 92.7 Å². The Labute approximate surface area is 454 Å². The van der Waals surface area contributed by atoms with Crippen LogP contribution in [0, 0.1) is 0 Å². The summed E-state index contributed by atoms with van der Waals surface area (Å²) in [5.74, 6) is -4.50. The molecule has 0 aliphatic heterocycles. The fourth-order valence-electron chi connectivity index (χ4n) is 5.86. The minimum atomic E-state index is -1.37. The number of ether oxygens (including phenoxy) is 6. The van der Waals surface area contributed by atoms with Crippen molar-refractivity contribution in [2.45, 2.75) is 107 Å². The van der Waals surface area contributed by atoms with Gasteiger partial charge in [0.1, 0.15) is 17.6 Å². The van der Waals surface area contributed by atoms with Crippen LogP contribution >= 0.6 is 24.0 Å². The number of carboxylic acids is 1. The Bertz CT molecular complexity index is 2910. The van der Waals surface area contributed by atoms with Crippen molar-refractivity contribution < 1.29 is 67.4 Å². The number of unbranched alkanes of at least 4 members (excludes halogenated alkanes) is 2. The Kier molecular flexibility index (Phi) is 30.0. The van der Waals surface area contributed by atoms with Gasteiger partial charge in [-0.2, -0.15) is 19.9 Å². The van der Waals surface area contributed by atoms with Crippen molar-refractivity contribution in [2.75, 3.05) is 44.1 Å². The number of carboxylic acid groups (broad SMARTS) is 1. The number of nitrogens with two attached hydrogens (primary N) is 1.